The molecule has 2 aromatic carbocycles. The Balaban J connectivity index is 2.20. The summed E-state index contributed by atoms with van der Waals surface area (Å²) in [5.41, 5.74) is 0.961. The van der Waals surface area contributed by atoms with Crippen molar-refractivity contribution in [1.82, 2.24) is 0 Å². The summed E-state index contributed by atoms with van der Waals surface area (Å²) in [6.45, 7) is 0. The maximum Gasteiger partial charge on any atom is 0.337 e. The van der Waals surface area contributed by atoms with Crippen molar-refractivity contribution in [3.63, 3.8) is 0 Å². The maximum atomic E-state index is 12.0. The molecule has 0 bridgehead atoms. The molecule has 0 aliphatic carbocycles. The van der Waals surface area contributed by atoms with E-state index >= 15 is 0 Å². The minimum absolute atomic E-state index is 0.132. The number of rotatable bonds is 4. The van der Waals surface area contributed by atoms with E-state index in [1.54, 1.807) is 42.5 Å². The highest BCUT2D eigenvalue weighted by Gasteiger charge is 2.10. The van der Waals surface area contributed by atoms with Gasteiger partial charge in [-0.25, -0.2) is 4.79 Å². The van der Waals surface area contributed by atoms with Crippen molar-refractivity contribution in [2.75, 3.05) is 7.11 Å². The fourth-order valence-corrected chi connectivity index (χ4v) is 2.49. The topological polar surface area (TPSA) is 72.8 Å². The van der Waals surface area contributed by atoms with Crippen LogP contribution in [-0.4, -0.2) is 27.7 Å². The Labute approximate surface area is 123 Å². The molecule has 108 valence electrons. The van der Waals surface area contributed by atoms with Crippen LogP contribution in [0.25, 0.3) is 0 Å². The molecule has 2 aromatic rings. The Hall–Kier alpha value is -2.47. The van der Waals surface area contributed by atoms with Crippen LogP contribution < -0.4 is 0 Å². The SMILES string of the molecule is COC(=O)c1ccc(/C=N/S(=O)(=O)c2ccccc2)cc1. The average Bonchev–Trinajstić information content (AvgIpc) is 2.53. The lowest BCUT2D eigenvalue weighted by atomic mass is 10.1. The summed E-state index contributed by atoms with van der Waals surface area (Å²) < 4.78 is 32.1. The second kappa shape index (κ2) is 6.32. The van der Waals surface area contributed by atoms with Gasteiger partial charge in [-0.3, -0.25) is 0 Å². The van der Waals surface area contributed by atoms with E-state index < -0.39 is 16.0 Å². The van der Waals surface area contributed by atoms with E-state index in [2.05, 4.69) is 9.13 Å². The number of ether oxygens (including phenoxy) is 1. The van der Waals surface area contributed by atoms with Crippen LogP contribution in [-0.2, 0) is 14.8 Å². The van der Waals surface area contributed by atoms with Gasteiger partial charge in [0.25, 0.3) is 10.0 Å². The van der Waals surface area contributed by atoms with E-state index in [4.69, 9.17) is 0 Å². The third-order valence-electron chi connectivity index (χ3n) is 2.71. The van der Waals surface area contributed by atoms with Crippen LogP contribution in [0.5, 0.6) is 0 Å². The predicted octanol–water partition coefficient (Wildman–Crippen LogP) is 2.28. The first-order valence-electron chi connectivity index (χ1n) is 6.07. The summed E-state index contributed by atoms with van der Waals surface area (Å²) in [6, 6.07) is 14.2. The molecule has 0 radical (unpaired) electrons. The van der Waals surface area contributed by atoms with Gasteiger partial charge >= 0.3 is 5.97 Å². The summed E-state index contributed by atoms with van der Waals surface area (Å²) in [5.74, 6) is -0.449. The van der Waals surface area contributed by atoms with Gasteiger partial charge in [0.2, 0.25) is 0 Å². The number of methoxy groups -OCH3 is 1. The third kappa shape index (κ3) is 3.76. The lowest BCUT2D eigenvalue weighted by molar-refractivity contribution is 0.0600. The number of nitrogens with zero attached hydrogens (tertiary/aromatic N) is 1. The Bertz CT molecular complexity index is 750. The van der Waals surface area contributed by atoms with Crippen molar-refractivity contribution in [2.24, 2.45) is 4.40 Å². The first-order valence-corrected chi connectivity index (χ1v) is 7.51. The third-order valence-corrected chi connectivity index (χ3v) is 3.96. The van der Waals surface area contributed by atoms with Gasteiger partial charge < -0.3 is 4.74 Å². The van der Waals surface area contributed by atoms with Crippen molar-refractivity contribution < 1.29 is 17.9 Å². The second-order valence-corrected chi connectivity index (χ2v) is 5.77. The minimum Gasteiger partial charge on any atom is -0.465 e. The molecule has 2 rings (SSSR count). The number of benzene rings is 2. The second-order valence-electron chi connectivity index (χ2n) is 4.14. The molecule has 5 nitrogen and oxygen atoms in total. The van der Waals surface area contributed by atoms with E-state index in [0.29, 0.717) is 11.1 Å². The van der Waals surface area contributed by atoms with Gasteiger partial charge in [-0.05, 0) is 29.8 Å². The van der Waals surface area contributed by atoms with E-state index in [1.165, 1.54) is 25.5 Å². The van der Waals surface area contributed by atoms with Crippen LogP contribution in [0.1, 0.15) is 15.9 Å². The Morgan fingerprint density at radius 2 is 1.67 bits per heavy atom. The van der Waals surface area contributed by atoms with Gasteiger partial charge in [-0.1, -0.05) is 30.3 Å². The van der Waals surface area contributed by atoms with Gasteiger partial charge in [0.05, 0.1) is 17.6 Å². The van der Waals surface area contributed by atoms with Crippen LogP contribution in [0.2, 0.25) is 0 Å². The molecule has 0 aromatic heterocycles. The monoisotopic (exact) mass is 303 g/mol. The molecular weight excluding hydrogens is 290 g/mol. The number of hydrogen-bond acceptors (Lipinski definition) is 4. The quantitative estimate of drug-likeness (QED) is 0.641. The van der Waals surface area contributed by atoms with Gasteiger partial charge in [0.15, 0.2) is 0 Å². The van der Waals surface area contributed by atoms with Gasteiger partial charge in [0, 0.05) is 6.21 Å². The molecule has 0 atom stereocenters. The molecule has 0 fully saturated rings. The number of carbonyl (C=O) groups excluding carboxylic acids is 1. The summed E-state index contributed by atoms with van der Waals surface area (Å²) >= 11 is 0. The highest BCUT2D eigenvalue weighted by atomic mass is 32.2. The summed E-state index contributed by atoms with van der Waals surface area (Å²) in [5, 5.41) is 0. The number of hydrogen-bond donors (Lipinski definition) is 0. The highest BCUT2D eigenvalue weighted by Crippen LogP contribution is 2.11. The van der Waals surface area contributed by atoms with E-state index in [0.717, 1.165) is 0 Å². The van der Waals surface area contributed by atoms with Gasteiger partial charge in [-0.2, -0.15) is 12.8 Å². The van der Waals surface area contributed by atoms with Crippen LogP contribution in [0.4, 0.5) is 0 Å². The summed E-state index contributed by atoms with van der Waals surface area (Å²) in [4.78, 5) is 11.4. The van der Waals surface area contributed by atoms with Crippen molar-refractivity contribution in [3.05, 3.63) is 65.7 Å². The Kier molecular flexibility index (Phi) is 4.49. The summed E-state index contributed by atoms with van der Waals surface area (Å²) in [7, 11) is -2.42. The van der Waals surface area contributed by atoms with Crippen LogP contribution in [0.3, 0.4) is 0 Å². The van der Waals surface area contributed by atoms with Gasteiger partial charge in [0.1, 0.15) is 0 Å². The zero-order chi connectivity index (χ0) is 15.3. The molecule has 0 saturated carbocycles. The molecule has 21 heavy (non-hydrogen) atoms. The highest BCUT2D eigenvalue weighted by molar-refractivity contribution is 7.90. The lowest BCUT2D eigenvalue weighted by Gasteiger charge is -2.00. The molecule has 6 heteroatoms. The molecule has 0 saturated heterocycles. The van der Waals surface area contributed by atoms with Crippen molar-refractivity contribution in [1.29, 1.82) is 0 Å². The summed E-state index contributed by atoms with van der Waals surface area (Å²) in [6.07, 6.45) is 1.24. The molecule has 0 amide bonds. The van der Waals surface area contributed by atoms with Crippen LogP contribution in [0, 0.1) is 0 Å². The minimum atomic E-state index is -3.71. The zero-order valence-electron chi connectivity index (χ0n) is 11.3. The average molecular weight is 303 g/mol. The first-order chi connectivity index (χ1) is 10.0. The molecule has 0 heterocycles. The van der Waals surface area contributed by atoms with Gasteiger partial charge in [-0.15, -0.1) is 0 Å². The molecule has 0 aliphatic heterocycles. The first kappa shape index (κ1) is 14.9. The Morgan fingerprint density at radius 3 is 2.24 bits per heavy atom. The largest absolute Gasteiger partial charge is 0.465 e. The van der Waals surface area contributed by atoms with Crippen molar-refractivity contribution >= 4 is 22.2 Å². The Morgan fingerprint density at radius 1 is 1.05 bits per heavy atom. The van der Waals surface area contributed by atoms with Crippen molar-refractivity contribution in [2.45, 2.75) is 4.90 Å². The molecule has 0 N–H and O–H groups in total. The normalized spacial score (nSPS) is 11.5. The predicted molar refractivity (Wildman–Crippen MR) is 79.0 cm³/mol. The molecular formula is C15H13NO4S. The van der Waals surface area contributed by atoms with Crippen LogP contribution in [0.15, 0.2) is 63.9 Å². The van der Waals surface area contributed by atoms with E-state index in [-0.39, 0.29) is 4.90 Å². The number of esters is 1. The fraction of sp³-hybridized carbons (Fsp3) is 0.0667. The molecule has 0 unspecified atom stereocenters. The van der Waals surface area contributed by atoms with E-state index in [9.17, 15) is 13.2 Å². The van der Waals surface area contributed by atoms with E-state index in [1.807, 2.05) is 0 Å². The molecule has 0 spiro atoms. The zero-order valence-corrected chi connectivity index (χ0v) is 12.1. The lowest BCUT2D eigenvalue weighted by Crippen LogP contribution is -2.01. The fourth-order valence-electron chi connectivity index (χ4n) is 1.61. The van der Waals surface area contributed by atoms with Crippen molar-refractivity contribution in [3.8, 4) is 0 Å². The smallest absolute Gasteiger partial charge is 0.337 e. The number of carbonyl (C=O) groups is 1. The molecule has 0 aliphatic rings. The number of sulfonamides is 1. The van der Waals surface area contributed by atoms with Crippen LogP contribution >= 0.6 is 0 Å². The maximum absolute atomic E-state index is 12.0. The standard InChI is InChI=1S/C15H13NO4S/c1-20-15(17)13-9-7-12(8-10-13)11-16-21(18,19)14-5-3-2-4-6-14/h2-11H,1H3/b16-11+.